The Kier molecular flexibility index (Phi) is 6.57. The van der Waals surface area contributed by atoms with Gasteiger partial charge < -0.3 is 14.8 Å². The highest BCUT2D eigenvalue weighted by Crippen LogP contribution is 2.41. The van der Waals surface area contributed by atoms with Gasteiger partial charge in [-0.2, -0.15) is 0 Å². The van der Waals surface area contributed by atoms with Gasteiger partial charge in [0.05, 0.1) is 18.7 Å². The largest absolute Gasteiger partial charge is 0.496 e. The number of rotatable bonds is 7. The van der Waals surface area contributed by atoms with Crippen molar-refractivity contribution in [3.8, 4) is 11.5 Å². The molecule has 1 N–H and O–H groups in total. The predicted octanol–water partition coefficient (Wildman–Crippen LogP) is 5.71. The molecular weight excluding hydrogens is 458 g/mol. The minimum absolute atomic E-state index is 0.809. The van der Waals surface area contributed by atoms with Crippen LogP contribution in [-0.4, -0.2) is 20.8 Å². The number of benzene rings is 3. The van der Waals surface area contributed by atoms with Gasteiger partial charge in [-0.05, 0) is 67.2 Å². The molecule has 3 nitrogen and oxygen atoms in total. The van der Waals surface area contributed by atoms with E-state index in [2.05, 4.69) is 79.6 Å². The molecule has 0 saturated carbocycles. The van der Waals surface area contributed by atoms with E-state index in [1.54, 1.807) is 14.2 Å². The topological polar surface area (TPSA) is 30.5 Å². The Labute approximate surface area is 171 Å². The van der Waals surface area contributed by atoms with Gasteiger partial charge in [0, 0.05) is 16.6 Å². The second kappa shape index (κ2) is 8.89. The number of ether oxygens (including phenoxy) is 2. The molecule has 3 aromatic rings. The number of hydrogen-bond donors (Lipinski definition) is 1. The predicted molar refractivity (Wildman–Crippen MR) is 114 cm³/mol. The van der Waals surface area contributed by atoms with Gasteiger partial charge in [0.2, 0.25) is 0 Å². The van der Waals surface area contributed by atoms with Crippen molar-refractivity contribution >= 4 is 42.6 Å². The smallest absolute Gasteiger partial charge is 0.141 e. The van der Waals surface area contributed by atoms with Crippen LogP contribution in [0, 0.1) is 0 Å². The van der Waals surface area contributed by atoms with E-state index < -0.39 is 0 Å². The average Bonchev–Trinajstić information content (AvgIpc) is 2.67. The second-order valence-electron chi connectivity index (χ2n) is 5.95. The van der Waals surface area contributed by atoms with Gasteiger partial charge in [0.25, 0.3) is 0 Å². The first-order valence-corrected chi connectivity index (χ1v) is 10.0. The normalized spacial score (nSPS) is 10.9. The molecule has 0 aliphatic rings. The zero-order valence-corrected chi connectivity index (χ0v) is 18.0. The van der Waals surface area contributed by atoms with Gasteiger partial charge in [0.1, 0.15) is 11.5 Å². The summed E-state index contributed by atoms with van der Waals surface area (Å²) in [4.78, 5) is 0. The summed E-state index contributed by atoms with van der Waals surface area (Å²) in [5.41, 5.74) is 2.36. The van der Waals surface area contributed by atoms with E-state index in [4.69, 9.17) is 9.47 Å². The Balaban J connectivity index is 1.71. The monoisotopic (exact) mass is 477 g/mol. The van der Waals surface area contributed by atoms with E-state index in [-0.39, 0.29) is 0 Å². The SMILES string of the molecule is COc1cc(Br)c(Br)c(OC)c1CCNCc1cccc2ccccc12. The van der Waals surface area contributed by atoms with Crippen LogP contribution in [0.5, 0.6) is 11.5 Å². The van der Waals surface area contributed by atoms with E-state index in [1.165, 1.54) is 16.3 Å². The van der Waals surface area contributed by atoms with Gasteiger partial charge in [-0.3, -0.25) is 0 Å². The van der Waals surface area contributed by atoms with Crippen LogP contribution in [-0.2, 0) is 13.0 Å². The van der Waals surface area contributed by atoms with Crippen LogP contribution < -0.4 is 14.8 Å². The summed E-state index contributed by atoms with van der Waals surface area (Å²) in [6.45, 7) is 1.65. The highest BCUT2D eigenvalue weighted by Gasteiger charge is 2.16. The molecule has 0 bridgehead atoms. The molecule has 26 heavy (non-hydrogen) atoms. The maximum absolute atomic E-state index is 5.59. The molecule has 0 aliphatic heterocycles. The number of fused-ring (bicyclic) bond motifs is 1. The second-order valence-corrected chi connectivity index (χ2v) is 7.60. The molecule has 3 rings (SSSR count). The molecular formula is C21H21Br2NO2. The molecule has 5 heteroatoms. The third kappa shape index (κ3) is 4.05. The van der Waals surface area contributed by atoms with Crippen LogP contribution in [0.25, 0.3) is 10.8 Å². The van der Waals surface area contributed by atoms with Gasteiger partial charge in [0.15, 0.2) is 0 Å². The molecule has 0 fully saturated rings. The number of hydrogen-bond acceptors (Lipinski definition) is 3. The Bertz CT molecular complexity index is 907. The molecule has 0 heterocycles. The van der Waals surface area contributed by atoms with Gasteiger partial charge >= 0.3 is 0 Å². The molecule has 0 spiro atoms. The molecule has 0 amide bonds. The fraction of sp³-hybridized carbons (Fsp3) is 0.238. The van der Waals surface area contributed by atoms with Crippen LogP contribution in [0.4, 0.5) is 0 Å². The van der Waals surface area contributed by atoms with E-state index in [0.717, 1.165) is 45.5 Å². The summed E-state index contributed by atoms with van der Waals surface area (Å²) in [6.07, 6.45) is 0.809. The molecule has 0 radical (unpaired) electrons. The van der Waals surface area contributed by atoms with Crippen LogP contribution in [0.1, 0.15) is 11.1 Å². The Morgan fingerprint density at radius 3 is 2.50 bits per heavy atom. The van der Waals surface area contributed by atoms with Crippen LogP contribution in [0.15, 0.2) is 57.5 Å². The average molecular weight is 479 g/mol. The zero-order chi connectivity index (χ0) is 18.5. The van der Waals surface area contributed by atoms with Crippen molar-refractivity contribution in [2.75, 3.05) is 20.8 Å². The van der Waals surface area contributed by atoms with Crippen molar-refractivity contribution in [2.45, 2.75) is 13.0 Å². The third-order valence-corrected chi connectivity index (χ3v) is 6.35. The van der Waals surface area contributed by atoms with E-state index in [0.29, 0.717) is 0 Å². The highest BCUT2D eigenvalue weighted by molar-refractivity contribution is 9.13. The fourth-order valence-electron chi connectivity index (χ4n) is 3.13. The minimum Gasteiger partial charge on any atom is -0.496 e. The molecule has 0 saturated heterocycles. The molecule has 136 valence electrons. The summed E-state index contributed by atoms with van der Waals surface area (Å²) >= 11 is 7.11. The van der Waals surface area contributed by atoms with Gasteiger partial charge in [-0.25, -0.2) is 0 Å². The highest BCUT2D eigenvalue weighted by atomic mass is 79.9. The molecule has 0 atom stereocenters. The first-order chi connectivity index (χ1) is 12.7. The Hall–Kier alpha value is -1.56. The summed E-state index contributed by atoms with van der Waals surface area (Å²) in [7, 11) is 3.36. The van der Waals surface area contributed by atoms with E-state index >= 15 is 0 Å². The van der Waals surface area contributed by atoms with Crippen molar-refractivity contribution in [3.05, 3.63) is 68.6 Å². The maximum Gasteiger partial charge on any atom is 0.141 e. The maximum atomic E-state index is 5.59. The summed E-state index contributed by atoms with van der Waals surface area (Å²) < 4.78 is 12.9. The number of nitrogens with one attached hydrogen (secondary N) is 1. The van der Waals surface area contributed by atoms with Crippen LogP contribution in [0.2, 0.25) is 0 Å². The van der Waals surface area contributed by atoms with Crippen molar-refractivity contribution in [3.63, 3.8) is 0 Å². The quantitative estimate of drug-likeness (QED) is 0.441. The lowest BCUT2D eigenvalue weighted by atomic mass is 10.0. The van der Waals surface area contributed by atoms with Crippen LogP contribution in [0.3, 0.4) is 0 Å². The lowest BCUT2D eigenvalue weighted by Gasteiger charge is -2.16. The number of halogens is 2. The Morgan fingerprint density at radius 1 is 0.962 bits per heavy atom. The van der Waals surface area contributed by atoms with Gasteiger partial charge in [-0.1, -0.05) is 42.5 Å². The zero-order valence-electron chi connectivity index (χ0n) is 14.8. The molecule has 0 aromatic heterocycles. The fourth-order valence-corrected chi connectivity index (χ4v) is 4.04. The Morgan fingerprint density at radius 2 is 1.73 bits per heavy atom. The first kappa shape index (κ1) is 19.2. The van der Waals surface area contributed by atoms with Crippen molar-refractivity contribution in [1.29, 1.82) is 0 Å². The van der Waals surface area contributed by atoms with Crippen LogP contribution >= 0.6 is 31.9 Å². The minimum atomic E-state index is 0.809. The van der Waals surface area contributed by atoms with Crippen molar-refractivity contribution < 1.29 is 9.47 Å². The molecule has 0 aliphatic carbocycles. The standard InChI is InChI=1S/C21H21Br2NO2/c1-25-19-12-18(22)20(23)21(26-2)17(19)10-11-24-13-15-8-5-7-14-6-3-4-9-16(14)15/h3-9,12,24H,10-11,13H2,1-2H3. The number of methoxy groups -OCH3 is 2. The summed E-state index contributed by atoms with van der Waals surface area (Å²) in [6, 6.07) is 16.9. The van der Waals surface area contributed by atoms with E-state index in [9.17, 15) is 0 Å². The third-order valence-electron chi connectivity index (χ3n) is 4.41. The van der Waals surface area contributed by atoms with Gasteiger partial charge in [-0.15, -0.1) is 0 Å². The summed E-state index contributed by atoms with van der Waals surface area (Å²) in [5.74, 6) is 1.63. The van der Waals surface area contributed by atoms with E-state index in [1.807, 2.05) is 6.07 Å². The molecule has 0 unspecified atom stereocenters. The first-order valence-electron chi connectivity index (χ1n) is 8.42. The summed E-state index contributed by atoms with van der Waals surface area (Å²) in [5, 5.41) is 6.11. The lowest BCUT2D eigenvalue weighted by molar-refractivity contribution is 0.382. The van der Waals surface area contributed by atoms with Crippen molar-refractivity contribution in [2.24, 2.45) is 0 Å². The molecule has 3 aromatic carbocycles. The lowest BCUT2D eigenvalue weighted by Crippen LogP contribution is -2.17. The van der Waals surface area contributed by atoms with Crippen molar-refractivity contribution in [1.82, 2.24) is 5.32 Å².